The normalized spacial score (nSPS) is 17.3. The predicted octanol–water partition coefficient (Wildman–Crippen LogP) is 4.85. The van der Waals surface area contributed by atoms with E-state index >= 15 is 0 Å². The van der Waals surface area contributed by atoms with Crippen LogP contribution in [0.2, 0.25) is 0 Å². The minimum absolute atomic E-state index is 0.00328. The Hall–Kier alpha value is -5.37. The quantitative estimate of drug-likeness (QED) is 0.218. The van der Waals surface area contributed by atoms with Gasteiger partial charge >= 0.3 is 18.0 Å². The molecule has 0 aliphatic carbocycles. The Morgan fingerprint density at radius 2 is 1.58 bits per heavy atom. The minimum Gasteiger partial charge on any atom is -0.491 e. The zero-order chi connectivity index (χ0) is 34.6. The fourth-order valence-electron chi connectivity index (χ4n) is 5.43. The summed E-state index contributed by atoms with van der Waals surface area (Å²) in [5.41, 5.74) is -1.46. The number of carboxylic acid groups (broad SMARTS) is 2. The molecule has 1 aliphatic heterocycles. The van der Waals surface area contributed by atoms with Crippen molar-refractivity contribution in [3.63, 3.8) is 0 Å². The Kier molecular flexibility index (Phi) is 10.0. The van der Waals surface area contributed by atoms with E-state index in [4.69, 9.17) is 23.0 Å². The molecule has 2 aromatic heterocycles. The molecule has 0 fully saturated rings. The van der Waals surface area contributed by atoms with Gasteiger partial charge in [-0.05, 0) is 64.4 Å². The number of aromatic carboxylic acids is 2. The molecule has 48 heavy (non-hydrogen) atoms. The molecule has 3 heterocycles. The fourth-order valence-corrected chi connectivity index (χ4v) is 5.43. The summed E-state index contributed by atoms with van der Waals surface area (Å²) >= 11 is 0. The first-order chi connectivity index (χ1) is 22.8. The van der Waals surface area contributed by atoms with E-state index in [0.717, 1.165) is 25.0 Å². The largest absolute Gasteiger partial charge is 0.491 e. The van der Waals surface area contributed by atoms with E-state index in [9.17, 15) is 34.2 Å². The van der Waals surface area contributed by atoms with E-state index in [2.05, 4.69) is 10.6 Å². The molecule has 0 spiro atoms. The number of carbonyl (C=O) groups is 3. The molecular weight excluding hydrogens is 628 g/mol. The van der Waals surface area contributed by atoms with E-state index in [1.807, 2.05) is 0 Å². The van der Waals surface area contributed by atoms with Gasteiger partial charge in [0.05, 0.1) is 12.1 Å². The maximum atomic E-state index is 13.4. The summed E-state index contributed by atoms with van der Waals surface area (Å²) in [6.45, 7) is 5.77. The van der Waals surface area contributed by atoms with Gasteiger partial charge in [-0.3, -0.25) is 9.59 Å². The van der Waals surface area contributed by atoms with Crippen LogP contribution in [0.4, 0.5) is 4.79 Å². The molecule has 2 atom stereocenters. The molecule has 4 aromatic rings. The maximum Gasteiger partial charge on any atom is 0.408 e. The number of hydrogen-bond donors (Lipinski definition) is 4. The Labute approximate surface area is 273 Å². The molecule has 4 N–H and O–H groups in total. The summed E-state index contributed by atoms with van der Waals surface area (Å²) in [5, 5.41) is 25.1. The zero-order valence-electron chi connectivity index (χ0n) is 26.6. The molecule has 2 aromatic carbocycles. The second-order valence-electron chi connectivity index (χ2n) is 12.4. The SMILES string of the molecule is CC(C)(C)OC(=O)NC1CCCCCNC(COc2cccc3oc(C(=O)O)cc(=O)c23)COc2c1ccc1oc(C(=O)O)cc(=O)c21. The molecule has 0 saturated heterocycles. The Balaban J connectivity index is 1.50. The van der Waals surface area contributed by atoms with Crippen LogP contribution < -0.4 is 31.0 Å². The van der Waals surface area contributed by atoms with Gasteiger partial charge in [0.2, 0.25) is 11.5 Å². The third-order valence-electron chi connectivity index (χ3n) is 7.55. The number of carbonyl (C=O) groups excluding carboxylic acids is 1. The van der Waals surface area contributed by atoms with Crippen molar-refractivity contribution in [2.24, 2.45) is 0 Å². The molecule has 0 radical (unpaired) electrons. The van der Waals surface area contributed by atoms with E-state index in [0.29, 0.717) is 24.9 Å². The number of carboxylic acids is 2. The summed E-state index contributed by atoms with van der Waals surface area (Å²) in [5.74, 6) is -3.52. The van der Waals surface area contributed by atoms with Crippen LogP contribution in [-0.4, -0.2) is 59.6 Å². The molecular formula is C34H36N2O12. The van der Waals surface area contributed by atoms with Crippen LogP contribution in [0.25, 0.3) is 21.9 Å². The lowest BCUT2D eigenvalue weighted by molar-refractivity contribution is 0.0498. The molecule has 2 unspecified atom stereocenters. The Morgan fingerprint density at radius 3 is 2.25 bits per heavy atom. The van der Waals surface area contributed by atoms with Gasteiger partial charge in [0.25, 0.3) is 0 Å². The highest BCUT2D eigenvalue weighted by molar-refractivity contribution is 5.91. The molecule has 0 saturated carbocycles. The number of ether oxygens (including phenoxy) is 3. The van der Waals surface area contributed by atoms with Gasteiger partial charge < -0.3 is 43.9 Å². The second-order valence-corrected chi connectivity index (χ2v) is 12.4. The van der Waals surface area contributed by atoms with Crippen LogP contribution in [0.1, 0.15) is 79.2 Å². The van der Waals surface area contributed by atoms with Gasteiger partial charge in [0.15, 0.2) is 10.9 Å². The van der Waals surface area contributed by atoms with Crippen LogP contribution in [0.5, 0.6) is 11.5 Å². The number of alkyl carbamates (subject to hydrolysis) is 1. The first-order valence-electron chi connectivity index (χ1n) is 15.4. The lowest BCUT2D eigenvalue weighted by Crippen LogP contribution is -2.41. The average Bonchev–Trinajstić information content (AvgIpc) is 3.00. The highest BCUT2D eigenvalue weighted by atomic mass is 16.6. The third-order valence-corrected chi connectivity index (χ3v) is 7.55. The van der Waals surface area contributed by atoms with Crippen LogP contribution in [0.3, 0.4) is 0 Å². The van der Waals surface area contributed by atoms with E-state index in [1.54, 1.807) is 39.0 Å². The van der Waals surface area contributed by atoms with Crippen molar-refractivity contribution in [3.05, 3.63) is 80.0 Å². The Bertz CT molecular complexity index is 1970. The van der Waals surface area contributed by atoms with Gasteiger partial charge in [-0.25, -0.2) is 14.4 Å². The highest BCUT2D eigenvalue weighted by Gasteiger charge is 2.27. The number of hydrogen-bond acceptors (Lipinski definition) is 11. The van der Waals surface area contributed by atoms with E-state index < -0.39 is 58.1 Å². The number of fused-ring (bicyclic) bond motifs is 4. The standard InChI is InChI=1S/C34H36N2O12/c1-34(2,3)48-33(43)36-20-8-5-4-6-13-35-18(16-44-23-9-7-10-24-28(23)21(37)14-26(46-24)31(39)40)17-45-30-19(20)11-12-25-29(30)22(38)15-27(47-25)32(41)42/h7,9-12,14-15,18,20,35H,4-6,8,13,16-17H2,1-3H3,(H,36,43)(H,39,40)(H,41,42). The van der Waals surface area contributed by atoms with E-state index in [-0.39, 0.29) is 46.7 Å². The molecule has 14 nitrogen and oxygen atoms in total. The monoisotopic (exact) mass is 664 g/mol. The van der Waals surface area contributed by atoms with Crippen LogP contribution in [0.15, 0.2) is 60.9 Å². The number of benzene rings is 2. The van der Waals surface area contributed by atoms with Crippen LogP contribution in [-0.2, 0) is 4.74 Å². The van der Waals surface area contributed by atoms with Crippen molar-refractivity contribution in [1.29, 1.82) is 0 Å². The molecule has 1 aliphatic rings. The van der Waals surface area contributed by atoms with E-state index in [1.165, 1.54) is 12.1 Å². The fraction of sp³-hybridized carbons (Fsp3) is 0.382. The van der Waals surface area contributed by atoms with Crippen molar-refractivity contribution >= 4 is 40.0 Å². The third kappa shape index (κ3) is 7.94. The maximum absolute atomic E-state index is 13.4. The smallest absolute Gasteiger partial charge is 0.408 e. The molecule has 1 amide bonds. The van der Waals surface area contributed by atoms with Crippen molar-refractivity contribution < 1.29 is 47.6 Å². The van der Waals surface area contributed by atoms with Gasteiger partial charge in [0.1, 0.15) is 52.3 Å². The molecule has 254 valence electrons. The van der Waals surface area contributed by atoms with Crippen LogP contribution >= 0.6 is 0 Å². The summed E-state index contributed by atoms with van der Waals surface area (Å²) in [6, 6.07) is 8.36. The minimum atomic E-state index is -1.41. The van der Waals surface area contributed by atoms with Gasteiger partial charge in [-0.15, -0.1) is 0 Å². The molecule has 0 bridgehead atoms. The highest BCUT2D eigenvalue weighted by Crippen LogP contribution is 2.35. The van der Waals surface area contributed by atoms with Crippen molar-refractivity contribution in [1.82, 2.24) is 10.6 Å². The second kappa shape index (κ2) is 14.2. The van der Waals surface area contributed by atoms with Crippen molar-refractivity contribution in [2.45, 2.75) is 64.1 Å². The first kappa shape index (κ1) is 34.0. The molecule has 5 rings (SSSR count). The lowest BCUT2D eigenvalue weighted by Gasteiger charge is -2.27. The van der Waals surface area contributed by atoms with Gasteiger partial charge in [-0.1, -0.05) is 18.9 Å². The first-order valence-corrected chi connectivity index (χ1v) is 15.4. The average molecular weight is 665 g/mol. The number of amides is 1. The lowest BCUT2D eigenvalue weighted by atomic mass is 9.97. The van der Waals surface area contributed by atoms with Crippen molar-refractivity contribution in [3.8, 4) is 11.5 Å². The predicted molar refractivity (Wildman–Crippen MR) is 172 cm³/mol. The molecule has 14 heteroatoms. The zero-order valence-corrected chi connectivity index (χ0v) is 26.6. The summed E-state index contributed by atoms with van der Waals surface area (Å²) in [4.78, 5) is 62.0. The summed E-state index contributed by atoms with van der Waals surface area (Å²) in [6.07, 6.45) is 2.15. The summed E-state index contributed by atoms with van der Waals surface area (Å²) in [7, 11) is 0. The topological polar surface area (TPSA) is 204 Å². The number of nitrogens with one attached hydrogen (secondary N) is 2. The van der Waals surface area contributed by atoms with Crippen molar-refractivity contribution in [2.75, 3.05) is 19.8 Å². The number of rotatable bonds is 6. The van der Waals surface area contributed by atoms with Crippen LogP contribution in [0, 0.1) is 0 Å². The van der Waals surface area contributed by atoms with Gasteiger partial charge in [0, 0.05) is 17.7 Å². The van der Waals surface area contributed by atoms with Gasteiger partial charge in [-0.2, -0.15) is 0 Å². The summed E-state index contributed by atoms with van der Waals surface area (Å²) < 4.78 is 28.8. The Morgan fingerprint density at radius 1 is 0.917 bits per heavy atom.